The fourth-order valence-electron chi connectivity index (χ4n) is 2.11. The summed E-state index contributed by atoms with van der Waals surface area (Å²) in [5.41, 5.74) is 3.24. The Morgan fingerprint density at radius 2 is 2.11 bits per heavy atom. The van der Waals surface area contributed by atoms with E-state index < -0.39 is 5.97 Å². The van der Waals surface area contributed by atoms with Crippen molar-refractivity contribution in [2.24, 2.45) is 0 Å². The van der Waals surface area contributed by atoms with Crippen LogP contribution in [-0.2, 0) is 11.2 Å². The lowest BCUT2D eigenvalue weighted by Crippen LogP contribution is -2.01. The van der Waals surface area contributed by atoms with Crippen LogP contribution in [0.4, 0.5) is 0 Å². The van der Waals surface area contributed by atoms with E-state index in [0.29, 0.717) is 11.4 Å². The number of rotatable bonds is 3. The molecule has 90 valence electrons. The summed E-state index contributed by atoms with van der Waals surface area (Å²) in [5, 5.41) is 9.90. The van der Waals surface area contributed by atoms with Crippen LogP contribution in [0.5, 0.6) is 0 Å². The van der Waals surface area contributed by atoms with Crippen molar-refractivity contribution in [2.75, 3.05) is 0 Å². The minimum atomic E-state index is -0.875. The number of carboxylic acids is 1. The van der Waals surface area contributed by atoms with Crippen molar-refractivity contribution in [1.82, 2.24) is 15.0 Å². The number of H-pyrrole nitrogens is 2. The first kappa shape index (κ1) is 10.6. The summed E-state index contributed by atoms with van der Waals surface area (Å²) in [6.07, 6.45) is 3.32. The van der Waals surface area contributed by atoms with E-state index in [0.717, 1.165) is 16.5 Å². The average Bonchev–Trinajstić information content (AvgIpc) is 2.94. The molecule has 0 aliphatic heterocycles. The van der Waals surface area contributed by atoms with Gasteiger partial charge in [0.25, 0.3) is 0 Å². The van der Waals surface area contributed by atoms with Gasteiger partial charge in [-0.25, -0.2) is 4.98 Å². The first-order chi connectivity index (χ1) is 8.75. The fraction of sp³-hybridized carbons (Fsp3) is 0.0769. The zero-order chi connectivity index (χ0) is 12.5. The number of nitrogens with one attached hydrogen (secondary N) is 2. The second-order valence-electron chi connectivity index (χ2n) is 4.05. The Bertz CT molecular complexity index is 712. The topological polar surface area (TPSA) is 81.8 Å². The molecule has 18 heavy (non-hydrogen) atoms. The smallest absolute Gasteiger partial charge is 0.309 e. The molecule has 0 spiro atoms. The van der Waals surface area contributed by atoms with Gasteiger partial charge in [0.15, 0.2) is 0 Å². The highest BCUT2D eigenvalue weighted by atomic mass is 16.4. The minimum absolute atomic E-state index is 0.0607. The molecule has 0 aliphatic carbocycles. The quantitative estimate of drug-likeness (QED) is 0.657. The van der Waals surface area contributed by atoms with Crippen LogP contribution in [0.1, 0.15) is 5.69 Å². The number of hydrogen-bond donors (Lipinski definition) is 3. The predicted molar refractivity (Wildman–Crippen MR) is 67.2 cm³/mol. The molecular formula is C13H11N3O2. The monoisotopic (exact) mass is 241 g/mol. The van der Waals surface area contributed by atoms with Gasteiger partial charge in [0.2, 0.25) is 0 Å². The van der Waals surface area contributed by atoms with Crippen LogP contribution in [0.3, 0.4) is 0 Å². The SMILES string of the molecule is O=C(O)Cc1[nH]cnc1-c1c[nH]c2ccccc12. The largest absolute Gasteiger partial charge is 0.481 e. The Hall–Kier alpha value is -2.56. The van der Waals surface area contributed by atoms with Crippen molar-refractivity contribution < 1.29 is 9.90 Å². The molecule has 0 atom stereocenters. The maximum absolute atomic E-state index is 10.8. The van der Waals surface area contributed by atoms with E-state index in [1.165, 1.54) is 6.33 Å². The normalized spacial score (nSPS) is 10.9. The van der Waals surface area contributed by atoms with Gasteiger partial charge >= 0.3 is 5.97 Å². The van der Waals surface area contributed by atoms with Crippen molar-refractivity contribution in [1.29, 1.82) is 0 Å². The van der Waals surface area contributed by atoms with E-state index in [-0.39, 0.29) is 6.42 Å². The number of carboxylic acid groups (broad SMARTS) is 1. The molecule has 0 amide bonds. The number of hydrogen-bond acceptors (Lipinski definition) is 2. The van der Waals surface area contributed by atoms with Gasteiger partial charge < -0.3 is 15.1 Å². The van der Waals surface area contributed by atoms with Crippen molar-refractivity contribution in [3.8, 4) is 11.3 Å². The Morgan fingerprint density at radius 1 is 1.28 bits per heavy atom. The fourth-order valence-corrected chi connectivity index (χ4v) is 2.11. The molecule has 0 unspecified atom stereocenters. The summed E-state index contributed by atoms with van der Waals surface area (Å²) in [6.45, 7) is 0. The molecule has 2 aromatic heterocycles. The van der Waals surface area contributed by atoms with Gasteiger partial charge in [-0.15, -0.1) is 0 Å². The van der Waals surface area contributed by atoms with Crippen LogP contribution in [0, 0.1) is 0 Å². The molecule has 0 bridgehead atoms. The van der Waals surface area contributed by atoms with Gasteiger partial charge in [0, 0.05) is 22.7 Å². The summed E-state index contributed by atoms with van der Waals surface area (Å²) in [5.74, 6) is -0.875. The highest BCUT2D eigenvalue weighted by Gasteiger charge is 2.14. The third-order valence-electron chi connectivity index (χ3n) is 2.89. The molecule has 0 radical (unpaired) electrons. The van der Waals surface area contributed by atoms with Crippen LogP contribution in [-0.4, -0.2) is 26.0 Å². The number of benzene rings is 1. The molecule has 3 rings (SSSR count). The summed E-state index contributed by atoms with van der Waals surface area (Å²) < 4.78 is 0. The lowest BCUT2D eigenvalue weighted by Gasteiger charge is -1.99. The van der Waals surface area contributed by atoms with E-state index in [4.69, 9.17) is 5.11 Å². The molecule has 5 heteroatoms. The number of aliphatic carboxylic acids is 1. The van der Waals surface area contributed by atoms with E-state index >= 15 is 0 Å². The lowest BCUT2D eigenvalue weighted by molar-refractivity contribution is -0.136. The van der Waals surface area contributed by atoms with Crippen LogP contribution < -0.4 is 0 Å². The highest BCUT2D eigenvalue weighted by molar-refractivity contribution is 5.95. The van der Waals surface area contributed by atoms with Gasteiger partial charge in [-0.05, 0) is 6.07 Å². The van der Waals surface area contributed by atoms with E-state index in [9.17, 15) is 4.79 Å². The van der Waals surface area contributed by atoms with Gasteiger partial charge in [-0.1, -0.05) is 18.2 Å². The zero-order valence-electron chi connectivity index (χ0n) is 9.47. The van der Waals surface area contributed by atoms with Crippen LogP contribution in [0.2, 0.25) is 0 Å². The summed E-state index contributed by atoms with van der Waals surface area (Å²) in [4.78, 5) is 21.1. The number of para-hydroxylation sites is 1. The Labute approximate surface area is 102 Å². The first-order valence-electron chi connectivity index (χ1n) is 5.56. The van der Waals surface area contributed by atoms with Crippen LogP contribution >= 0.6 is 0 Å². The average molecular weight is 241 g/mol. The second kappa shape index (κ2) is 4.03. The maximum Gasteiger partial charge on any atom is 0.309 e. The number of imidazole rings is 1. The van der Waals surface area contributed by atoms with E-state index in [1.54, 1.807) is 0 Å². The molecule has 0 saturated carbocycles. The number of aromatic nitrogens is 3. The molecule has 3 N–H and O–H groups in total. The van der Waals surface area contributed by atoms with Gasteiger partial charge in [0.1, 0.15) is 0 Å². The number of aromatic amines is 2. The van der Waals surface area contributed by atoms with Gasteiger partial charge in [-0.3, -0.25) is 4.79 Å². The van der Waals surface area contributed by atoms with Crippen molar-refractivity contribution >= 4 is 16.9 Å². The Balaban J connectivity index is 2.15. The number of nitrogens with zero attached hydrogens (tertiary/aromatic N) is 1. The third kappa shape index (κ3) is 1.66. The molecule has 5 nitrogen and oxygen atoms in total. The summed E-state index contributed by atoms with van der Waals surface area (Å²) in [7, 11) is 0. The zero-order valence-corrected chi connectivity index (χ0v) is 9.47. The molecule has 2 heterocycles. The predicted octanol–water partition coefficient (Wildman–Crippen LogP) is 2.19. The first-order valence-corrected chi connectivity index (χ1v) is 5.56. The number of fused-ring (bicyclic) bond motifs is 1. The summed E-state index contributed by atoms with van der Waals surface area (Å²) >= 11 is 0. The Morgan fingerprint density at radius 3 is 2.94 bits per heavy atom. The summed E-state index contributed by atoms with van der Waals surface area (Å²) in [6, 6.07) is 7.86. The third-order valence-corrected chi connectivity index (χ3v) is 2.89. The van der Waals surface area contributed by atoms with Crippen LogP contribution in [0.15, 0.2) is 36.8 Å². The van der Waals surface area contributed by atoms with E-state index in [2.05, 4.69) is 15.0 Å². The van der Waals surface area contributed by atoms with Crippen molar-refractivity contribution in [2.45, 2.75) is 6.42 Å². The molecule has 0 saturated heterocycles. The maximum atomic E-state index is 10.8. The molecule has 3 aromatic rings. The minimum Gasteiger partial charge on any atom is -0.481 e. The number of carbonyl (C=O) groups is 1. The van der Waals surface area contributed by atoms with E-state index in [1.807, 2.05) is 30.5 Å². The van der Waals surface area contributed by atoms with Crippen molar-refractivity contribution in [3.63, 3.8) is 0 Å². The van der Waals surface area contributed by atoms with Crippen molar-refractivity contribution in [3.05, 3.63) is 42.5 Å². The molecule has 1 aromatic carbocycles. The standard InChI is InChI=1S/C13H11N3O2/c17-12(18)5-11-13(16-7-15-11)9-6-14-10-4-2-1-3-8(9)10/h1-4,6-7,14H,5H2,(H,15,16)(H,17,18). The second-order valence-corrected chi connectivity index (χ2v) is 4.05. The highest BCUT2D eigenvalue weighted by Crippen LogP contribution is 2.28. The lowest BCUT2D eigenvalue weighted by atomic mass is 10.1. The van der Waals surface area contributed by atoms with Gasteiger partial charge in [0.05, 0.1) is 24.1 Å². The molecule has 0 fully saturated rings. The molecule has 0 aliphatic rings. The van der Waals surface area contributed by atoms with Crippen LogP contribution in [0.25, 0.3) is 22.2 Å². The van der Waals surface area contributed by atoms with Gasteiger partial charge in [-0.2, -0.15) is 0 Å². The Kier molecular flexibility index (Phi) is 2.37. The molecular weight excluding hydrogens is 230 g/mol.